The molecule has 0 aromatic carbocycles. The first-order valence-corrected chi connectivity index (χ1v) is 11.1. The minimum atomic E-state index is -0.295. The molecule has 148 valence electrons. The first-order chi connectivity index (χ1) is 12.4. The summed E-state index contributed by atoms with van der Waals surface area (Å²) in [6, 6.07) is -0.233. The average molecular weight is 403 g/mol. The quantitative estimate of drug-likeness (QED) is 0.665. The van der Waals surface area contributed by atoms with Gasteiger partial charge in [0.25, 0.3) is 0 Å². The number of rotatable bonds is 4. The topological polar surface area (TPSA) is 40.6 Å². The largest absolute Gasteiger partial charge is 0.329 e. The third kappa shape index (κ3) is 4.49. The molecule has 0 bridgehead atoms. The Morgan fingerprint density at radius 2 is 1.46 bits per heavy atom. The van der Waals surface area contributed by atoms with Crippen LogP contribution < -0.4 is 0 Å². The van der Waals surface area contributed by atoms with E-state index < -0.39 is 0 Å². The number of halogens is 2. The van der Waals surface area contributed by atoms with Crippen molar-refractivity contribution in [3.05, 3.63) is 0 Å². The normalized spacial score (nSPS) is 36.7. The molecule has 0 radical (unpaired) electrons. The van der Waals surface area contributed by atoms with Crippen LogP contribution in [-0.2, 0) is 9.59 Å². The van der Waals surface area contributed by atoms with Crippen LogP contribution >= 0.6 is 23.2 Å². The zero-order chi connectivity index (χ0) is 18.8. The van der Waals surface area contributed by atoms with Crippen LogP contribution in [-0.4, -0.2) is 57.5 Å². The van der Waals surface area contributed by atoms with Gasteiger partial charge in [0.1, 0.15) is 12.6 Å². The van der Waals surface area contributed by atoms with E-state index in [1.807, 2.05) is 18.7 Å². The lowest BCUT2D eigenvalue weighted by Gasteiger charge is -2.47. The highest BCUT2D eigenvalue weighted by Gasteiger charge is 2.45. The van der Waals surface area contributed by atoms with Crippen LogP contribution in [0.2, 0.25) is 0 Å². The smallest absolute Gasteiger partial charge is 0.246 e. The van der Waals surface area contributed by atoms with Crippen LogP contribution in [0.3, 0.4) is 0 Å². The first-order valence-electron chi connectivity index (χ1n) is 10.2. The van der Waals surface area contributed by atoms with Crippen molar-refractivity contribution in [2.24, 2.45) is 11.8 Å². The summed E-state index contributed by atoms with van der Waals surface area (Å²) < 4.78 is 0. The molecular weight excluding hydrogens is 371 g/mol. The van der Waals surface area contributed by atoms with Gasteiger partial charge in [-0.25, -0.2) is 0 Å². The van der Waals surface area contributed by atoms with Crippen molar-refractivity contribution in [2.75, 3.05) is 13.1 Å². The van der Waals surface area contributed by atoms with E-state index in [0.29, 0.717) is 12.5 Å². The van der Waals surface area contributed by atoms with E-state index in [9.17, 15) is 9.59 Å². The molecule has 3 fully saturated rings. The Bertz CT molecular complexity index is 512. The molecule has 3 rings (SSSR count). The molecular formula is C20H32Cl2N2O2. The second-order valence-corrected chi connectivity index (χ2v) is 9.92. The summed E-state index contributed by atoms with van der Waals surface area (Å²) in [6.45, 7) is 4.93. The first kappa shape index (κ1) is 20.3. The fraction of sp³-hybridized carbons (Fsp3) is 0.900. The van der Waals surface area contributed by atoms with Crippen molar-refractivity contribution in [2.45, 2.75) is 88.1 Å². The standard InChI is InChI=1S/C20H32Cl2N2O2/c1-13(2)23-12-18(25)24(11-14-3-7-16(21)8-4-14)19(20(23)26)15-5-9-17(22)10-6-15/h13-17,19H,3-12H2,1-2H3. The van der Waals surface area contributed by atoms with Gasteiger partial charge in [-0.15, -0.1) is 23.2 Å². The molecule has 1 aliphatic heterocycles. The summed E-state index contributed by atoms with van der Waals surface area (Å²) in [7, 11) is 0. The Balaban J connectivity index is 1.77. The maximum atomic E-state index is 13.3. The van der Waals surface area contributed by atoms with Crippen molar-refractivity contribution in [3.63, 3.8) is 0 Å². The number of amides is 2. The summed E-state index contributed by atoms with van der Waals surface area (Å²) in [5.74, 6) is 0.972. The van der Waals surface area contributed by atoms with Crippen LogP contribution in [0.15, 0.2) is 0 Å². The maximum absolute atomic E-state index is 13.3. The summed E-state index contributed by atoms with van der Waals surface area (Å²) in [4.78, 5) is 30.0. The Labute approximate surface area is 167 Å². The Kier molecular flexibility index (Phi) is 6.77. The molecule has 1 saturated heterocycles. The highest BCUT2D eigenvalue weighted by Crippen LogP contribution is 2.36. The van der Waals surface area contributed by atoms with Gasteiger partial charge < -0.3 is 9.80 Å². The number of nitrogens with zero attached hydrogens (tertiary/aromatic N) is 2. The third-order valence-corrected chi connectivity index (χ3v) is 7.37. The molecule has 6 heteroatoms. The zero-order valence-electron chi connectivity index (χ0n) is 16.0. The summed E-state index contributed by atoms with van der Waals surface area (Å²) in [5.41, 5.74) is 0. The predicted molar refractivity (Wildman–Crippen MR) is 106 cm³/mol. The van der Waals surface area contributed by atoms with Gasteiger partial charge in [0.2, 0.25) is 11.8 Å². The fourth-order valence-corrected chi connectivity index (χ4v) is 5.36. The maximum Gasteiger partial charge on any atom is 0.246 e. The van der Waals surface area contributed by atoms with Gasteiger partial charge in [-0.2, -0.15) is 0 Å². The van der Waals surface area contributed by atoms with Gasteiger partial charge in [0.15, 0.2) is 0 Å². The lowest BCUT2D eigenvalue weighted by molar-refractivity contribution is -0.161. The summed E-state index contributed by atoms with van der Waals surface area (Å²) in [6.07, 6.45) is 7.91. The molecule has 3 aliphatic rings. The number of carbonyl (C=O) groups is 2. The van der Waals surface area contributed by atoms with E-state index in [-0.39, 0.29) is 47.1 Å². The molecule has 2 aliphatic carbocycles. The van der Waals surface area contributed by atoms with Crippen LogP contribution in [0.4, 0.5) is 0 Å². The van der Waals surface area contributed by atoms with Gasteiger partial charge >= 0.3 is 0 Å². The van der Waals surface area contributed by atoms with E-state index in [0.717, 1.165) is 51.4 Å². The molecule has 2 amide bonds. The van der Waals surface area contributed by atoms with E-state index in [2.05, 4.69) is 0 Å². The number of hydrogen-bond donors (Lipinski definition) is 0. The van der Waals surface area contributed by atoms with Crippen LogP contribution in [0.25, 0.3) is 0 Å². The molecule has 0 N–H and O–H groups in total. The Morgan fingerprint density at radius 1 is 0.923 bits per heavy atom. The highest BCUT2D eigenvalue weighted by molar-refractivity contribution is 6.20. The molecule has 1 atom stereocenters. The van der Waals surface area contributed by atoms with Gasteiger partial charge in [-0.05, 0) is 77.0 Å². The molecule has 1 heterocycles. The molecule has 2 saturated carbocycles. The van der Waals surface area contributed by atoms with E-state index in [4.69, 9.17) is 23.2 Å². The summed E-state index contributed by atoms with van der Waals surface area (Å²) >= 11 is 12.5. The minimum absolute atomic E-state index is 0.0622. The second kappa shape index (κ2) is 8.68. The highest BCUT2D eigenvalue weighted by atomic mass is 35.5. The van der Waals surface area contributed by atoms with Gasteiger partial charge in [0.05, 0.1) is 0 Å². The van der Waals surface area contributed by atoms with E-state index in [1.165, 1.54) is 0 Å². The van der Waals surface area contributed by atoms with Crippen molar-refractivity contribution in [1.82, 2.24) is 9.80 Å². The molecule has 4 nitrogen and oxygen atoms in total. The van der Waals surface area contributed by atoms with Crippen molar-refractivity contribution < 1.29 is 9.59 Å². The molecule has 0 spiro atoms. The zero-order valence-corrected chi connectivity index (χ0v) is 17.5. The number of hydrogen-bond acceptors (Lipinski definition) is 2. The third-order valence-electron chi connectivity index (χ3n) is 6.50. The summed E-state index contributed by atoms with van der Waals surface area (Å²) in [5, 5.41) is 0.491. The molecule has 1 unspecified atom stereocenters. The molecule has 0 aromatic rings. The van der Waals surface area contributed by atoms with Crippen LogP contribution in [0.1, 0.15) is 65.2 Å². The van der Waals surface area contributed by atoms with Crippen molar-refractivity contribution in [1.29, 1.82) is 0 Å². The van der Waals surface area contributed by atoms with E-state index in [1.54, 1.807) is 4.90 Å². The van der Waals surface area contributed by atoms with Crippen LogP contribution in [0.5, 0.6) is 0 Å². The average Bonchev–Trinajstić information content (AvgIpc) is 2.61. The van der Waals surface area contributed by atoms with E-state index >= 15 is 0 Å². The fourth-order valence-electron chi connectivity index (χ4n) is 4.86. The monoisotopic (exact) mass is 402 g/mol. The predicted octanol–water partition coefficient (Wildman–Crippen LogP) is 4.03. The molecule has 26 heavy (non-hydrogen) atoms. The number of carbonyl (C=O) groups excluding carboxylic acids is 2. The van der Waals surface area contributed by atoms with Gasteiger partial charge in [-0.1, -0.05) is 0 Å². The Morgan fingerprint density at radius 3 is 2.00 bits per heavy atom. The minimum Gasteiger partial charge on any atom is -0.329 e. The Hall–Kier alpha value is -0.480. The van der Waals surface area contributed by atoms with Crippen LogP contribution in [0, 0.1) is 11.8 Å². The number of alkyl halides is 2. The van der Waals surface area contributed by atoms with Crippen molar-refractivity contribution in [3.8, 4) is 0 Å². The van der Waals surface area contributed by atoms with Gasteiger partial charge in [-0.3, -0.25) is 9.59 Å². The number of piperazine rings is 1. The molecule has 0 aromatic heterocycles. The second-order valence-electron chi connectivity index (χ2n) is 8.68. The SMILES string of the molecule is CC(C)N1CC(=O)N(CC2CCC(Cl)CC2)C(C2CCC(Cl)CC2)C1=O. The van der Waals surface area contributed by atoms with Crippen molar-refractivity contribution >= 4 is 35.0 Å². The van der Waals surface area contributed by atoms with Gasteiger partial charge in [0, 0.05) is 23.3 Å². The lowest BCUT2D eigenvalue weighted by Crippen LogP contribution is -2.64. The lowest BCUT2D eigenvalue weighted by atomic mass is 9.80.